The zero-order chi connectivity index (χ0) is 21.3. The third kappa shape index (κ3) is 4.06. The fourth-order valence-corrected chi connectivity index (χ4v) is 4.25. The summed E-state index contributed by atoms with van der Waals surface area (Å²) in [6, 6.07) is 14.3. The molecule has 154 valence electrons. The van der Waals surface area contributed by atoms with E-state index in [4.69, 9.17) is 16.3 Å². The Morgan fingerprint density at radius 1 is 1.23 bits per heavy atom. The van der Waals surface area contributed by atoms with Crippen molar-refractivity contribution in [3.8, 4) is 5.75 Å². The van der Waals surface area contributed by atoms with Crippen molar-refractivity contribution < 1.29 is 19.1 Å². The van der Waals surface area contributed by atoms with Crippen LogP contribution in [0.2, 0.25) is 5.02 Å². The van der Waals surface area contributed by atoms with Crippen molar-refractivity contribution >= 4 is 46.1 Å². The molecule has 2 aliphatic rings. The van der Waals surface area contributed by atoms with Crippen LogP contribution in [0.4, 0.5) is 4.79 Å². The van der Waals surface area contributed by atoms with Crippen LogP contribution in [-0.2, 0) is 9.59 Å². The van der Waals surface area contributed by atoms with Crippen LogP contribution in [-0.4, -0.2) is 52.1 Å². The van der Waals surface area contributed by atoms with Gasteiger partial charge in [0.15, 0.2) is 0 Å². The molecular weight excluding hydrogens is 426 g/mol. The average Bonchev–Trinajstić information content (AvgIpc) is 3.34. The van der Waals surface area contributed by atoms with Crippen LogP contribution >= 0.6 is 23.4 Å². The first-order chi connectivity index (χ1) is 14.5. The van der Waals surface area contributed by atoms with E-state index in [2.05, 4.69) is 5.10 Å². The van der Waals surface area contributed by atoms with Crippen LogP contribution in [0.3, 0.4) is 0 Å². The number of carbonyl (C=O) groups is 3. The summed E-state index contributed by atoms with van der Waals surface area (Å²) in [6.45, 7) is -0.330. The number of amides is 3. The van der Waals surface area contributed by atoms with Gasteiger partial charge in [-0.05, 0) is 29.8 Å². The molecule has 0 saturated carbocycles. The zero-order valence-electron chi connectivity index (χ0n) is 16.1. The quantitative estimate of drug-likeness (QED) is 0.703. The minimum Gasteiger partial charge on any atom is -0.497 e. The predicted molar refractivity (Wildman–Crippen MR) is 115 cm³/mol. The molecule has 2 aromatic rings. The Bertz CT molecular complexity index is 1020. The van der Waals surface area contributed by atoms with Crippen molar-refractivity contribution in [3.05, 3.63) is 64.7 Å². The molecule has 0 aromatic heterocycles. The largest absolute Gasteiger partial charge is 0.497 e. The highest BCUT2D eigenvalue weighted by molar-refractivity contribution is 8.14. The van der Waals surface area contributed by atoms with Crippen LogP contribution < -0.4 is 4.74 Å². The molecule has 0 radical (unpaired) electrons. The number of imide groups is 1. The first-order valence-corrected chi connectivity index (χ1v) is 10.6. The van der Waals surface area contributed by atoms with E-state index in [1.54, 1.807) is 19.2 Å². The third-order valence-electron chi connectivity index (χ3n) is 4.96. The molecule has 1 saturated heterocycles. The highest BCUT2D eigenvalue weighted by Crippen LogP contribution is 2.34. The number of hydrogen-bond acceptors (Lipinski definition) is 6. The van der Waals surface area contributed by atoms with E-state index in [1.807, 2.05) is 36.4 Å². The molecule has 7 nitrogen and oxygen atoms in total. The summed E-state index contributed by atoms with van der Waals surface area (Å²) < 4.78 is 5.29. The number of carbonyl (C=O) groups excluding carboxylic acids is 3. The average molecular weight is 444 g/mol. The van der Waals surface area contributed by atoms with Crippen LogP contribution in [0.25, 0.3) is 0 Å². The van der Waals surface area contributed by atoms with Crippen molar-refractivity contribution in [1.29, 1.82) is 0 Å². The van der Waals surface area contributed by atoms with Gasteiger partial charge in [0, 0.05) is 17.0 Å². The van der Waals surface area contributed by atoms with Gasteiger partial charge in [-0.25, -0.2) is 5.01 Å². The SMILES string of the molecule is COc1cccc(C2=NN(C(=O)CN3C(=O)CSC3=O)C(c3ccc(Cl)cc3)C2)c1. The molecule has 0 spiro atoms. The smallest absolute Gasteiger partial charge is 0.289 e. The van der Waals surface area contributed by atoms with E-state index in [0.717, 1.165) is 33.5 Å². The lowest BCUT2D eigenvalue weighted by molar-refractivity contribution is -0.137. The van der Waals surface area contributed by atoms with Gasteiger partial charge in [-0.2, -0.15) is 5.10 Å². The van der Waals surface area contributed by atoms with Gasteiger partial charge >= 0.3 is 0 Å². The summed E-state index contributed by atoms with van der Waals surface area (Å²) in [7, 11) is 1.59. The van der Waals surface area contributed by atoms with Crippen molar-refractivity contribution in [2.24, 2.45) is 5.10 Å². The van der Waals surface area contributed by atoms with Crippen LogP contribution in [0.15, 0.2) is 53.6 Å². The molecule has 30 heavy (non-hydrogen) atoms. The van der Waals surface area contributed by atoms with Crippen molar-refractivity contribution in [1.82, 2.24) is 9.91 Å². The maximum atomic E-state index is 13.1. The fourth-order valence-electron chi connectivity index (χ4n) is 3.40. The molecule has 2 heterocycles. The molecule has 3 amide bonds. The maximum Gasteiger partial charge on any atom is 0.289 e. The van der Waals surface area contributed by atoms with Crippen LogP contribution in [0, 0.1) is 0 Å². The Morgan fingerprint density at radius 2 is 2.00 bits per heavy atom. The second kappa shape index (κ2) is 8.49. The third-order valence-corrected chi connectivity index (χ3v) is 6.07. The number of ether oxygens (including phenoxy) is 1. The first kappa shape index (κ1) is 20.4. The first-order valence-electron chi connectivity index (χ1n) is 9.23. The highest BCUT2D eigenvalue weighted by atomic mass is 35.5. The number of thioether (sulfide) groups is 1. The van der Waals surface area contributed by atoms with Crippen LogP contribution in [0.1, 0.15) is 23.6 Å². The van der Waals surface area contributed by atoms with Gasteiger partial charge in [0.25, 0.3) is 11.1 Å². The number of rotatable bonds is 5. The van der Waals surface area contributed by atoms with Gasteiger partial charge < -0.3 is 4.74 Å². The molecule has 1 atom stereocenters. The predicted octanol–water partition coefficient (Wildman–Crippen LogP) is 3.72. The van der Waals surface area contributed by atoms with Gasteiger partial charge in [0.2, 0.25) is 5.91 Å². The fraction of sp³-hybridized carbons (Fsp3) is 0.238. The highest BCUT2D eigenvalue weighted by Gasteiger charge is 2.37. The summed E-state index contributed by atoms with van der Waals surface area (Å²) in [4.78, 5) is 37.9. The molecular formula is C21H18ClN3O4S. The molecule has 1 unspecified atom stereocenters. The van der Waals surface area contributed by atoms with E-state index in [-0.39, 0.29) is 24.2 Å². The lowest BCUT2D eigenvalue weighted by Gasteiger charge is -2.23. The van der Waals surface area contributed by atoms with Gasteiger partial charge in [0.1, 0.15) is 12.3 Å². The van der Waals surface area contributed by atoms with Gasteiger partial charge in [-0.3, -0.25) is 19.3 Å². The van der Waals surface area contributed by atoms with Crippen molar-refractivity contribution in [3.63, 3.8) is 0 Å². The number of hydrogen-bond donors (Lipinski definition) is 0. The van der Waals surface area contributed by atoms with Crippen molar-refractivity contribution in [2.75, 3.05) is 19.4 Å². The maximum absolute atomic E-state index is 13.1. The number of nitrogens with zero attached hydrogens (tertiary/aromatic N) is 3. The molecule has 0 aliphatic carbocycles. The number of halogens is 1. The molecule has 2 aromatic carbocycles. The van der Waals surface area contributed by atoms with E-state index in [9.17, 15) is 14.4 Å². The van der Waals surface area contributed by atoms with E-state index >= 15 is 0 Å². The van der Waals surface area contributed by atoms with Gasteiger partial charge in [0.05, 0.1) is 24.6 Å². The number of benzene rings is 2. The number of methoxy groups -OCH3 is 1. The van der Waals surface area contributed by atoms with Crippen molar-refractivity contribution in [2.45, 2.75) is 12.5 Å². The molecule has 0 N–H and O–H groups in total. The second-order valence-electron chi connectivity index (χ2n) is 6.82. The van der Waals surface area contributed by atoms with E-state index in [0.29, 0.717) is 17.2 Å². The van der Waals surface area contributed by atoms with E-state index < -0.39 is 11.1 Å². The Balaban J connectivity index is 1.65. The monoisotopic (exact) mass is 443 g/mol. The Kier molecular flexibility index (Phi) is 5.78. The minimum absolute atomic E-state index is 0.0606. The van der Waals surface area contributed by atoms with Crippen LogP contribution in [0.5, 0.6) is 5.75 Å². The minimum atomic E-state index is -0.419. The normalized spacial score (nSPS) is 18.7. The Labute approximate surface area is 182 Å². The van der Waals surface area contributed by atoms with Gasteiger partial charge in [-0.15, -0.1) is 0 Å². The summed E-state index contributed by atoms with van der Waals surface area (Å²) in [5, 5.41) is 6.11. The number of hydrazone groups is 1. The van der Waals surface area contributed by atoms with E-state index in [1.165, 1.54) is 5.01 Å². The standard InChI is InChI=1S/C21H18ClN3O4S/c1-29-16-4-2-3-14(9-16)17-10-18(13-5-7-15(22)8-6-13)25(23-17)19(26)11-24-20(27)12-30-21(24)28/h2-9,18H,10-12H2,1H3. The van der Waals surface area contributed by atoms with Gasteiger partial charge in [-0.1, -0.05) is 47.6 Å². The lowest BCUT2D eigenvalue weighted by atomic mass is 9.98. The zero-order valence-corrected chi connectivity index (χ0v) is 17.7. The molecule has 4 rings (SSSR count). The lowest BCUT2D eigenvalue weighted by Crippen LogP contribution is -2.40. The molecule has 0 bridgehead atoms. The molecule has 1 fully saturated rings. The second-order valence-corrected chi connectivity index (χ2v) is 8.19. The molecule has 9 heteroatoms. The topological polar surface area (TPSA) is 79.3 Å². The Morgan fingerprint density at radius 3 is 2.67 bits per heavy atom. The Hall–Kier alpha value is -2.84. The summed E-state index contributed by atoms with van der Waals surface area (Å²) in [5.74, 6) is -0.0339. The summed E-state index contributed by atoms with van der Waals surface area (Å²) >= 11 is 6.91. The molecule has 2 aliphatic heterocycles. The summed E-state index contributed by atoms with van der Waals surface area (Å²) in [5.41, 5.74) is 2.42. The summed E-state index contributed by atoms with van der Waals surface area (Å²) in [6.07, 6.45) is 0.483.